The summed E-state index contributed by atoms with van der Waals surface area (Å²) in [5.41, 5.74) is 0.276. The first-order chi connectivity index (χ1) is 11.4. The molecule has 0 unspecified atom stereocenters. The molecule has 0 aliphatic rings. The van der Waals surface area contributed by atoms with Gasteiger partial charge in [-0.1, -0.05) is 6.07 Å². The van der Waals surface area contributed by atoms with E-state index in [1.807, 2.05) is 11.4 Å². The number of hydrogen-bond donors (Lipinski definition) is 1. The highest BCUT2D eigenvalue weighted by Crippen LogP contribution is 2.17. The summed E-state index contributed by atoms with van der Waals surface area (Å²) >= 11 is 3.41. The zero-order valence-electron chi connectivity index (χ0n) is 12.5. The highest BCUT2D eigenvalue weighted by molar-refractivity contribution is 7.98. The van der Waals surface area contributed by atoms with Crippen molar-refractivity contribution in [3.8, 4) is 5.88 Å². The van der Waals surface area contributed by atoms with Gasteiger partial charge >= 0.3 is 6.18 Å². The fraction of sp³-hybridized carbons (Fsp3) is 0.333. The molecule has 0 radical (unpaired) electrons. The minimum Gasteiger partial charge on any atom is -0.468 e. The first-order valence-electron chi connectivity index (χ1n) is 6.98. The van der Waals surface area contributed by atoms with E-state index in [9.17, 15) is 18.0 Å². The Morgan fingerprint density at radius 2 is 2.17 bits per heavy atom. The molecule has 1 amide bonds. The quantitative estimate of drug-likeness (QED) is 0.713. The molecule has 0 aliphatic heterocycles. The summed E-state index contributed by atoms with van der Waals surface area (Å²) in [6.07, 6.45) is -3.22. The lowest BCUT2D eigenvalue weighted by Gasteiger charge is -2.09. The molecule has 4 nitrogen and oxygen atoms in total. The molecule has 24 heavy (non-hydrogen) atoms. The minimum atomic E-state index is -4.42. The van der Waals surface area contributed by atoms with E-state index in [2.05, 4.69) is 21.1 Å². The van der Waals surface area contributed by atoms with Crippen molar-refractivity contribution in [2.24, 2.45) is 0 Å². The van der Waals surface area contributed by atoms with Crippen molar-refractivity contribution in [1.82, 2.24) is 10.3 Å². The molecule has 0 spiro atoms. The molecule has 0 saturated heterocycles. The van der Waals surface area contributed by atoms with Crippen molar-refractivity contribution in [1.29, 1.82) is 0 Å². The maximum atomic E-state index is 12.0. The van der Waals surface area contributed by atoms with Gasteiger partial charge in [0.15, 0.2) is 6.61 Å². The van der Waals surface area contributed by atoms with Crippen LogP contribution >= 0.6 is 23.1 Å². The normalized spacial score (nSPS) is 11.3. The Kier molecular flexibility index (Phi) is 6.92. The Bertz CT molecular complexity index is 631. The van der Waals surface area contributed by atoms with Crippen molar-refractivity contribution >= 4 is 29.0 Å². The molecule has 0 bridgehead atoms. The Labute approximate surface area is 145 Å². The van der Waals surface area contributed by atoms with E-state index in [0.717, 1.165) is 11.5 Å². The van der Waals surface area contributed by atoms with Crippen LogP contribution in [0.5, 0.6) is 5.88 Å². The largest absolute Gasteiger partial charge is 0.468 e. The number of amides is 1. The van der Waals surface area contributed by atoms with Crippen LogP contribution in [0.3, 0.4) is 0 Å². The van der Waals surface area contributed by atoms with E-state index < -0.39 is 12.8 Å². The molecule has 130 valence electrons. The third-order valence-electron chi connectivity index (χ3n) is 2.74. The predicted octanol–water partition coefficient (Wildman–Crippen LogP) is 3.75. The van der Waals surface area contributed by atoms with Gasteiger partial charge in [0, 0.05) is 35.2 Å². The number of aromatic nitrogens is 1. The van der Waals surface area contributed by atoms with Crippen LogP contribution in [0.25, 0.3) is 0 Å². The smallest absolute Gasteiger partial charge is 0.422 e. The second kappa shape index (κ2) is 8.93. The highest BCUT2D eigenvalue weighted by Gasteiger charge is 2.28. The summed E-state index contributed by atoms with van der Waals surface area (Å²) in [6.45, 7) is -0.909. The van der Waals surface area contributed by atoms with Crippen LogP contribution in [0.2, 0.25) is 0 Å². The van der Waals surface area contributed by atoms with Crippen molar-refractivity contribution in [2.75, 3.05) is 18.9 Å². The van der Waals surface area contributed by atoms with E-state index in [0.29, 0.717) is 6.54 Å². The summed E-state index contributed by atoms with van der Waals surface area (Å²) in [5.74, 6) is 1.18. The number of halogens is 3. The Hall–Kier alpha value is -1.74. The number of carbonyl (C=O) groups is 1. The van der Waals surface area contributed by atoms with Gasteiger partial charge in [0.25, 0.3) is 5.91 Å². The minimum absolute atomic E-state index is 0.171. The van der Waals surface area contributed by atoms with E-state index in [1.54, 1.807) is 23.1 Å². The van der Waals surface area contributed by atoms with Crippen LogP contribution < -0.4 is 10.1 Å². The fourth-order valence-electron chi connectivity index (χ4n) is 1.66. The Balaban J connectivity index is 1.68. The molecule has 0 fully saturated rings. The molecular formula is C15H15F3N2O2S2. The number of pyridine rings is 1. The van der Waals surface area contributed by atoms with Crippen LogP contribution in [0.1, 0.15) is 15.2 Å². The third-order valence-corrected chi connectivity index (χ3v) is 4.81. The van der Waals surface area contributed by atoms with Crippen LogP contribution in [-0.2, 0) is 5.75 Å². The van der Waals surface area contributed by atoms with Gasteiger partial charge in [0.2, 0.25) is 5.88 Å². The van der Waals surface area contributed by atoms with Crippen LogP contribution in [-0.4, -0.2) is 36.0 Å². The number of thiophene rings is 1. The molecule has 1 N–H and O–H groups in total. The number of thioether (sulfide) groups is 1. The Morgan fingerprint density at radius 3 is 2.79 bits per heavy atom. The van der Waals surface area contributed by atoms with E-state index >= 15 is 0 Å². The fourth-order valence-corrected chi connectivity index (χ4v) is 3.36. The summed E-state index contributed by atoms with van der Waals surface area (Å²) in [7, 11) is 0. The predicted molar refractivity (Wildman–Crippen MR) is 88.6 cm³/mol. The summed E-state index contributed by atoms with van der Waals surface area (Å²) in [4.78, 5) is 16.9. The summed E-state index contributed by atoms with van der Waals surface area (Å²) in [6, 6.07) is 6.68. The van der Waals surface area contributed by atoms with Crippen LogP contribution in [0.4, 0.5) is 13.2 Å². The van der Waals surface area contributed by atoms with E-state index in [4.69, 9.17) is 0 Å². The molecule has 0 saturated carbocycles. The highest BCUT2D eigenvalue weighted by atomic mass is 32.2. The van der Waals surface area contributed by atoms with Crippen molar-refractivity contribution in [3.05, 3.63) is 46.3 Å². The van der Waals surface area contributed by atoms with Gasteiger partial charge in [-0.2, -0.15) is 24.9 Å². The van der Waals surface area contributed by atoms with Gasteiger partial charge in [-0.3, -0.25) is 4.79 Å². The number of carbonyl (C=O) groups excluding carboxylic acids is 1. The molecule has 9 heteroatoms. The van der Waals surface area contributed by atoms with Gasteiger partial charge in [-0.25, -0.2) is 4.98 Å². The molecule has 0 atom stereocenters. The zero-order valence-corrected chi connectivity index (χ0v) is 14.1. The van der Waals surface area contributed by atoms with Crippen molar-refractivity contribution in [3.63, 3.8) is 0 Å². The molecule has 2 aromatic heterocycles. The maximum Gasteiger partial charge on any atom is 0.422 e. The number of alkyl halides is 3. The molecule has 0 aromatic carbocycles. The summed E-state index contributed by atoms with van der Waals surface area (Å²) < 4.78 is 40.6. The van der Waals surface area contributed by atoms with Gasteiger partial charge in [-0.15, -0.1) is 11.3 Å². The number of nitrogens with zero attached hydrogens (tertiary/aromatic N) is 1. The van der Waals surface area contributed by atoms with Crippen LogP contribution in [0.15, 0.2) is 35.8 Å². The molecule has 0 aliphatic carbocycles. The Morgan fingerprint density at radius 1 is 1.33 bits per heavy atom. The number of rotatable bonds is 8. The monoisotopic (exact) mass is 376 g/mol. The molecule has 2 heterocycles. The van der Waals surface area contributed by atoms with Gasteiger partial charge in [0.1, 0.15) is 0 Å². The molecular weight excluding hydrogens is 361 g/mol. The lowest BCUT2D eigenvalue weighted by atomic mass is 10.2. The SMILES string of the molecule is O=C(NCCSCc1cccs1)c1ccc(OCC(F)(F)F)nc1. The maximum absolute atomic E-state index is 12.0. The average molecular weight is 376 g/mol. The lowest BCUT2D eigenvalue weighted by Crippen LogP contribution is -2.26. The number of hydrogen-bond acceptors (Lipinski definition) is 5. The van der Waals surface area contributed by atoms with Crippen molar-refractivity contribution in [2.45, 2.75) is 11.9 Å². The van der Waals surface area contributed by atoms with E-state index in [1.165, 1.54) is 23.2 Å². The van der Waals surface area contributed by atoms with Gasteiger partial charge in [0.05, 0.1) is 5.56 Å². The zero-order chi connectivity index (χ0) is 17.4. The van der Waals surface area contributed by atoms with Crippen molar-refractivity contribution < 1.29 is 22.7 Å². The van der Waals surface area contributed by atoms with Crippen LogP contribution in [0, 0.1) is 0 Å². The second-order valence-corrected chi connectivity index (χ2v) is 6.81. The molecule has 2 rings (SSSR count). The first kappa shape index (κ1) is 18.6. The van der Waals surface area contributed by atoms with Gasteiger partial charge in [-0.05, 0) is 17.5 Å². The van der Waals surface area contributed by atoms with E-state index in [-0.39, 0.29) is 17.4 Å². The number of nitrogens with one attached hydrogen (secondary N) is 1. The third kappa shape index (κ3) is 6.79. The standard InChI is InChI=1S/C15H15F3N2O2S2/c16-15(17,18)10-22-13-4-3-11(8-20-13)14(21)19-5-7-23-9-12-2-1-6-24-12/h1-4,6,8H,5,7,9-10H2,(H,19,21). The lowest BCUT2D eigenvalue weighted by molar-refractivity contribution is -0.154. The van der Waals surface area contributed by atoms with Gasteiger partial charge < -0.3 is 10.1 Å². The molecule has 2 aromatic rings. The topological polar surface area (TPSA) is 51.2 Å². The second-order valence-electron chi connectivity index (χ2n) is 4.68. The summed E-state index contributed by atoms with van der Waals surface area (Å²) in [5, 5.41) is 4.76. The average Bonchev–Trinajstić information content (AvgIpc) is 3.05. The number of ether oxygens (including phenoxy) is 1. The first-order valence-corrected chi connectivity index (χ1v) is 9.01.